The highest BCUT2D eigenvalue weighted by Gasteiger charge is 2.33. The van der Waals surface area contributed by atoms with Gasteiger partial charge in [0.1, 0.15) is 17.3 Å². The Morgan fingerprint density at radius 3 is 2.50 bits per heavy atom. The molecule has 0 saturated carbocycles. The van der Waals surface area contributed by atoms with Gasteiger partial charge in [0, 0.05) is 5.69 Å². The predicted octanol–water partition coefficient (Wildman–Crippen LogP) is 6.25. The van der Waals surface area contributed by atoms with Crippen LogP contribution in [-0.2, 0) is 19.3 Å². The van der Waals surface area contributed by atoms with Gasteiger partial charge in [-0.25, -0.2) is 0 Å². The number of benzene rings is 1. The first-order valence-electron chi connectivity index (χ1n) is 8.23. The number of nitrogens with zero attached hydrogens (tertiary/aromatic N) is 1. The van der Waals surface area contributed by atoms with Crippen LogP contribution in [0.3, 0.4) is 0 Å². The maximum atomic E-state index is 13.1. The van der Waals surface area contributed by atoms with Gasteiger partial charge in [-0.3, -0.25) is 0 Å². The van der Waals surface area contributed by atoms with Crippen LogP contribution in [0.2, 0.25) is 5.02 Å². The molecule has 0 aliphatic heterocycles. The van der Waals surface area contributed by atoms with E-state index in [1.54, 1.807) is 17.0 Å². The number of rotatable bonds is 5. The molecule has 28 heavy (non-hydrogen) atoms. The van der Waals surface area contributed by atoms with Gasteiger partial charge < -0.3 is 19.1 Å². The number of aryl methyl sites for hydroxylation is 1. The molecule has 1 N–H and O–H groups in total. The Labute approximate surface area is 169 Å². The average molecular weight is 429 g/mol. The monoisotopic (exact) mass is 428 g/mol. The van der Waals surface area contributed by atoms with Crippen LogP contribution in [0.4, 0.5) is 18.9 Å². The molecule has 0 bridgehead atoms. The van der Waals surface area contributed by atoms with Gasteiger partial charge in [0.2, 0.25) is 0 Å². The summed E-state index contributed by atoms with van der Waals surface area (Å²) in [4.78, 5) is 1.73. The highest BCUT2D eigenvalue weighted by molar-refractivity contribution is 7.80. The van der Waals surface area contributed by atoms with Crippen molar-refractivity contribution < 1.29 is 22.0 Å². The Hall–Kier alpha value is -2.45. The highest BCUT2D eigenvalue weighted by Crippen LogP contribution is 2.36. The summed E-state index contributed by atoms with van der Waals surface area (Å²) < 4.78 is 50.2. The predicted molar refractivity (Wildman–Crippen MR) is 104 cm³/mol. The number of furan rings is 2. The molecule has 0 saturated heterocycles. The third-order valence-electron chi connectivity index (χ3n) is 3.88. The van der Waals surface area contributed by atoms with E-state index in [9.17, 15) is 13.2 Å². The molecular formula is C19H16ClF3N2O2S. The summed E-state index contributed by atoms with van der Waals surface area (Å²) in [6.45, 7) is 2.46. The first kappa shape index (κ1) is 20.3. The SMILES string of the molecule is Cc1ccc(CN(Cc2ccco2)C(=S)Nc2ccc(Cl)c(C(F)(F)F)c2)o1. The Kier molecular flexibility index (Phi) is 6.00. The standard InChI is InChI=1S/C19H16ClF3N2O2S/c1-12-4-6-15(27-12)11-25(10-14-3-2-8-26-14)18(28)24-13-5-7-17(20)16(9-13)19(21,22)23/h2-9H,10-11H2,1H3,(H,24,28). The third-order valence-corrected chi connectivity index (χ3v) is 4.57. The van der Waals surface area contributed by atoms with Gasteiger partial charge in [0.15, 0.2) is 5.11 Å². The first-order chi connectivity index (χ1) is 13.2. The van der Waals surface area contributed by atoms with Gasteiger partial charge in [0.05, 0.1) is 29.9 Å². The third kappa shape index (κ3) is 5.08. The number of halogens is 4. The first-order valence-corrected chi connectivity index (χ1v) is 9.01. The molecule has 0 amide bonds. The Balaban J connectivity index is 1.80. The van der Waals surface area contributed by atoms with Crippen LogP contribution in [0.25, 0.3) is 0 Å². The lowest BCUT2D eigenvalue weighted by atomic mass is 10.2. The van der Waals surface area contributed by atoms with Gasteiger partial charge >= 0.3 is 6.18 Å². The molecule has 2 aromatic heterocycles. The van der Waals surface area contributed by atoms with E-state index in [4.69, 9.17) is 32.7 Å². The summed E-state index contributed by atoms with van der Waals surface area (Å²) in [5, 5.41) is 2.69. The number of alkyl halides is 3. The molecule has 0 aliphatic carbocycles. The Morgan fingerprint density at radius 1 is 1.14 bits per heavy atom. The smallest absolute Gasteiger partial charge is 0.417 e. The summed E-state index contributed by atoms with van der Waals surface area (Å²) in [6, 6.07) is 10.7. The molecule has 0 unspecified atom stereocenters. The normalized spacial score (nSPS) is 11.5. The molecule has 0 aliphatic rings. The minimum Gasteiger partial charge on any atom is -0.467 e. The van der Waals surface area contributed by atoms with Crippen molar-refractivity contribution in [3.8, 4) is 0 Å². The van der Waals surface area contributed by atoms with Gasteiger partial charge in [-0.05, 0) is 61.6 Å². The summed E-state index contributed by atoms with van der Waals surface area (Å²) in [5.41, 5.74) is -0.747. The molecule has 3 rings (SSSR count). The molecule has 148 valence electrons. The van der Waals surface area contributed by atoms with Crippen molar-refractivity contribution in [2.75, 3.05) is 5.32 Å². The summed E-state index contributed by atoms with van der Waals surface area (Å²) >= 11 is 11.1. The van der Waals surface area contributed by atoms with E-state index in [2.05, 4.69) is 5.32 Å². The van der Waals surface area contributed by atoms with Crippen molar-refractivity contribution in [3.05, 3.63) is 76.6 Å². The molecule has 0 fully saturated rings. The lowest BCUT2D eigenvalue weighted by Gasteiger charge is -2.24. The topological polar surface area (TPSA) is 41.6 Å². The highest BCUT2D eigenvalue weighted by atomic mass is 35.5. The van der Waals surface area contributed by atoms with Crippen LogP contribution in [-0.4, -0.2) is 10.0 Å². The average Bonchev–Trinajstić information content (AvgIpc) is 3.27. The second-order valence-electron chi connectivity index (χ2n) is 6.07. The Morgan fingerprint density at radius 2 is 1.89 bits per heavy atom. The van der Waals surface area contributed by atoms with Crippen LogP contribution in [0.1, 0.15) is 22.8 Å². The van der Waals surface area contributed by atoms with Crippen molar-refractivity contribution >= 4 is 34.6 Å². The van der Waals surface area contributed by atoms with Crippen molar-refractivity contribution in [2.24, 2.45) is 0 Å². The Bertz CT molecular complexity index is 954. The second kappa shape index (κ2) is 8.28. The van der Waals surface area contributed by atoms with Crippen LogP contribution < -0.4 is 5.32 Å². The largest absolute Gasteiger partial charge is 0.467 e. The van der Waals surface area contributed by atoms with Crippen LogP contribution in [0, 0.1) is 6.92 Å². The summed E-state index contributed by atoms with van der Waals surface area (Å²) in [5.74, 6) is 2.07. The van der Waals surface area contributed by atoms with Crippen molar-refractivity contribution in [1.82, 2.24) is 4.90 Å². The number of hydrogen-bond donors (Lipinski definition) is 1. The van der Waals surface area contributed by atoms with E-state index in [1.165, 1.54) is 18.4 Å². The summed E-state index contributed by atoms with van der Waals surface area (Å²) in [6.07, 6.45) is -3.02. The fourth-order valence-corrected chi connectivity index (χ4v) is 3.04. The number of thiocarbonyl (C=S) groups is 1. The second-order valence-corrected chi connectivity index (χ2v) is 6.86. The molecule has 4 nitrogen and oxygen atoms in total. The van der Waals surface area contributed by atoms with E-state index in [-0.39, 0.29) is 15.8 Å². The minimum atomic E-state index is -4.56. The van der Waals surface area contributed by atoms with Gasteiger partial charge in [-0.1, -0.05) is 11.6 Å². The van der Waals surface area contributed by atoms with Crippen molar-refractivity contribution in [3.63, 3.8) is 0 Å². The van der Waals surface area contributed by atoms with Gasteiger partial charge in [-0.15, -0.1) is 0 Å². The summed E-state index contributed by atoms with van der Waals surface area (Å²) in [7, 11) is 0. The zero-order chi connectivity index (χ0) is 20.3. The molecule has 1 aromatic carbocycles. The lowest BCUT2D eigenvalue weighted by molar-refractivity contribution is -0.137. The van der Waals surface area contributed by atoms with Crippen LogP contribution in [0.15, 0.2) is 57.6 Å². The molecule has 3 aromatic rings. The van der Waals surface area contributed by atoms with E-state index in [0.717, 1.165) is 11.8 Å². The molecular weight excluding hydrogens is 413 g/mol. The number of anilines is 1. The molecule has 2 heterocycles. The van der Waals surface area contributed by atoms with E-state index in [1.807, 2.05) is 19.1 Å². The lowest BCUT2D eigenvalue weighted by Crippen LogP contribution is -2.33. The van der Waals surface area contributed by atoms with E-state index in [0.29, 0.717) is 24.6 Å². The number of hydrogen-bond acceptors (Lipinski definition) is 3. The van der Waals surface area contributed by atoms with Gasteiger partial charge in [-0.2, -0.15) is 13.2 Å². The maximum Gasteiger partial charge on any atom is 0.417 e. The fourth-order valence-electron chi connectivity index (χ4n) is 2.57. The zero-order valence-electron chi connectivity index (χ0n) is 14.7. The van der Waals surface area contributed by atoms with Crippen LogP contribution in [0.5, 0.6) is 0 Å². The molecule has 0 radical (unpaired) electrons. The van der Waals surface area contributed by atoms with Crippen molar-refractivity contribution in [1.29, 1.82) is 0 Å². The maximum absolute atomic E-state index is 13.1. The van der Waals surface area contributed by atoms with Gasteiger partial charge in [0.25, 0.3) is 0 Å². The van der Waals surface area contributed by atoms with Crippen LogP contribution >= 0.6 is 23.8 Å². The van der Waals surface area contributed by atoms with E-state index >= 15 is 0 Å². The van der Waals surface area contributed by atoms with Crippen molar-refractivity contribution in [2.45, 2.75) is 26.2 Å². The quantitative estimate of drug-likeness (QED) is 0.486. The molecule has 0 atom stereocenters. The minimum absolute atomic E-state index is 0.182. The molecule has 9 heteroatoms. The molecule has 0 spiro atoms. The fraction of sp³-hybridized carbons (Fsp3) is 0.211. The number of nitrogens with one attached hydrogen (secondary N) is 1. The zero-order valence-corrected chi connectivity index (χ0v) is 16.3. The van der Waals surface area contributed by atoms with E-state index < -0.39 is 11.7 Å².